The minimum absolute atomic E-state index is 0.0244. The number of carbonyl (C=O) groups excluding carboxylic acids is 1. The summed E-state index contributed by atoms with van der Waals surface area (Å²) < 4.78 is 7.73. The number of rotatable bonds is 6. The summed E-state index contributed by atoms with van der Waals surface area (Å²) in [5, 5.41) is 5.84. The number of fused-ring (bicyclic) bond motifs is 1. The van der Waals surface area contributed by atoms with Gasteiger partial charge in [0.25, 0.3) is 5.91 Å². The van der Waals surface area contributed by atoms with Crippen LogP contribution in [0.4, 0.5) is 5.82 Å². The summed E-state index contributed by atoms with van der Waals surface area (Å²) in [5.74, 6) is 1.53. The summed E-state index contributed by atoms with van der Waals surface area (Å²) >= 11 is 0. The number of anilines is 1. The third kappa shape index (κ3) is 5.37. The van der Waals surface area contributed by atoms with Crippen LogP contribution in [0, 0.1) is 0 Å². The number of amides is 1. The van der Waals surface area contributed by atoms with E-state index in [9.17, 15) is 4.79 Å². The average molecular weight is 526 g/mol. The van der Waals surface area contributed by atoms with E-state index in [-0.39, 0.29) is 11.9 Å². The molecule has 2 aromatic heterocycles. The van der Waals surface area contributed by atoms with Gasteiger partial charge in [-0.25, -0.2) is 14.6 Å². The van der Waals surface area contributed by atoms with Crippen LogP contribution in [-0.2, 0) is 11.3 Å². The van der Waals surface area contributed by atoms with E-state index in [1.165, 1.54) is 5.56 Å². The number of hydrogen-bond donors (Lipinski definition) is 0. The van der Waals surface area contributed by atoms with Crippen LogP contribution in [0.25, 0.3) is 22.4 Å². The molecule has 0 saturated carbocycles. The zero-order chi connectivity index (χ0) is 26.8. The predicted molar refractivity (Wildman–Crippen MR) is 152 cm³/mol. The number of piperidine rings is 1. The molecular formula is C30H35N7O2. The first-order chi connectivity index (χ1) is 19.1. The highest BCUT2D eigenvalue weighted by molar-refractivity contribution is 5.94. The van der Waals surface area contributed by atoms with Crippen molar-refractivity contribution in [3.63, 3.8) is 0 Å². The Morgan fingerprint density at radius 3 is 2.36 bits per heavy atom. The van der Waals surface area contributed by atoms with Crippen molar-refractivity contribution in [2.45, 2.75) is 25.4 Å². The second-order valence-corrected chi connectivity index (χ2v) is 10.6. The van der Waals surface area contributed by atoms with Crippen LogP contribution in [0.3, 0.4) is 0 Å². The van der Waals surface area contributed by atoms with E-state index >= 15 is 0 Å². The Hall–Kier alpha value is -3.82. The van der Waals surface area contributed by atoms with E-state index in [4.69, 9.17) is 19.8 Å². The number of benzene rings is 2. The van der Waals surface area contributed by atoms with Crippen molar-refractivity contribution in [1.29, 1.82) is 0 Å². The predicted octanol–water partition coefficient (Wildman–Crippen LogP) is 3.87. The summed E-state index contributed by atoms with van der Waals surface area (Å²) in [6, 6.07) is 18.5. The van der Waals surface area contributed by atoms with Gasteiger partial charge < -0.3 is 14.5 Å². The van der Waals surface area contributed by atoms with Gasteiger partial charge in [-0.2, -0.15) is 5.10 Å². The molecule has 2 aliphatic rings. The number of ether oxygens (including phenoxy) is 1. The molecule has 1 amide bonds. The molecule has 9 nitrogen and oxygen atoms in total. The van der Waals surface area contributed by atoms with Gasteiger partial charge >= 0.3 is 0 Å². The highest BCUT2D eigenvalue weighted by Crippen LogP contribution is 2.32. The van der Waals surface area contributed by atoms with Crippen LogP contribution >= 0.6 is 0 Å². The fourth-order valence-electron chi connectivity index (χ4n) is 5.51. The third-order valence-electron chi connectivity index (χ3n) is 7.69. The van der Waals surface area contributed by atoms with Crippen LogP contribution in [0.15, 0.2) is 60.8 Å². The van der Waals surface area contributed by atoms with Crippen LogP contribution in [0.2, 0.25) is 0 Å². The molecule has 0 spiro atoms. The molecule has 9 heteroatoms. The molecule has 6 rings (SSSR count). The van der Waals surface area contributed by atoms with Crippen LogP contribution < -0.4 is 4.90 Å². The molecule has 0 atom stereocenters. The Morgan fingerprint density at radius 1 is 0.949 bits per heavy atom. The Morgan fingerprint density at radius 2 is 1.67 bits per heavy atom. The molecule has 0 N–H and O–H groups in total. The molecule has 2 saturated heterocycles. The summed E-state index contributed by atoms with van der Waals surface area (Å²) in [6.45, 7) is 5.95. The monoisotopic (exact) mass is 525 g/mol. The van der Waals surface area contributed by atoms with Crippen molar-refractivity contribution < 1.29 is 9.53 Å². The van der Waals surface area contributed by atoms with E-state index in [0.29, 0.717) is 24.6 Å². The van der Waals surface area contributed by atoms with Gasteiger partial charge in [-0.3, -0.25) is 9.69 Å². The summed E-state index contributed by atoms with van der Waals surface area (Å²) in [4.78, 5) is 28.9. The van der Waals surface area contributed by atoms with Crippen LogP contribution in [0.1, 0.15) is 34.8 Å². The summed E-state index contributed by atoms with van der Waals surface area (Å²) in [6.07, 6.45) is 3.98. The quantitative estimate of drug-likeness (QED) is 0.378. The van der Waals surface area contributed by atoms with Gasteiger partial charge in [0.15, 0.2) is 11.5 Å². The van der Waals surface area contributed by atoms with Crippen molar-refractivity contribution in [3.05, 3.63) is 71.9 Å². The maximum absolute atomic E-state index is 12.4. The lowest BCUT2D eigenvalue weighted by molar-refractivity contribution is 0.0827. The van der Waals surface area contributed by atoms with E-state index in [0.717, 1.165) is 68.0 Å². The SMILES string of the molecule is CN(C)C(=O)c1ccc(-c2nc(N3CCOCC3)c3cnn(C4CCN(Cc5ccccc5)CC4)c3n2)cc1. The van der Waals surface area contributed by atoms with E-state index in [2.05, 4.69) is 44.8 Å². The zero-order valence-electron chi connectivity index (χ0n) is 22.7. The van der Waals surface area contributed by atoms with Crippen molar-refractivity contribution >= 4 is 22.8 Å². The summed E-state index contributed by atoms with van der Waals surface area (Å²) in [7, 11) is 3.52. The molecule has 0 bridgehead atoms. The average Bonchev–Trinajstić information content (AvgIpc) is 3.42. The second-order valence-electron chi connectivity index (χ2n) is 10.6. The van der Waals surface area contributed by atoms with E-state index < -0.39 is 0 Å². The molecule has 4 heterocycles. The number of carbonyl (C=O) groups is 1. The third-order valence-corrected chi connectivity index (χ3v) is 7.69. The molecule has 2 aromatic carbocycles. The van der Waals surface area contributed by atoms with Crippen LogP contribution in [0.5, 0.6) is 0 Å². The van der Waals surface area contributed by atoms with Gasteiger partial charge in [0.2, 0.25) is 0 Å². The molecule has 4 aromatic rings. The number of aromatic nitrogens is 4. The number of nitrogens with zero attached hydrogens (tertiary/aromatic N) is 7. The molecule has 0 aliphatic carbocycles. The highest BCUT2D eigenvalue weighted by Gasteiger charge is 2.26. The molecular weight excluding hydrogens is 490 g/mol. The number of likely N-dealkylation sites (tertiary alicyclic amines) is 1. The van der Waals surface area contributed by atoms with Gasteiger partial charge in [0.05, 0.1) is 30.8 Å². The van der Waals surface area contributed by atoms with Gasteiger partial charge in [0, 0.05) is 57.9 Å². The minimum atomic E-state index is -0.0244. The Labute approximate surface area is 229 Å². The zero-order valence-corrected chi connectivity index (χ0v) is 22.7. The van der Waals surface area contributed by atoms with Gasteiger partial charge in [-0.05, 0) is 30.5 Å². The molecule has 39 heavy (non-hydrogen) atoms. The van der Waals surface area contributed by atoms with Crippen molar-refractivity contribution in [2.75, 3.05) is 58.4 Å². The second kappa shape index (κ2) is 11.1. The lowest BCUT2D eigenvalue weighted by Crippen LogP contribution is -2.37. The van der Waals surface area contributed by atoms with Crippen LogP contribution in [-0.4, -0.2) is 88.9 Å². The van der Waals surface area contributed by atoms with Gasteiger partial charge in [0.1, 0.15) is 5.82 Å². The lowest BCUT2D eigenvalue weighted by atomic mass is 10.0. The molecule has 2 aliphatic heterocycles. The first-order valence-corrected chi connectivity index (χ1v) is 13.7. The number of hydrogen-bond acceptors (Lipinski definition) is 7. The smallest absolute Gasteiger partial charge is 0.253 e. The standard InChI is InChI=1S/C30H35N7O2/c1-34(2)30(38)24-10-8-23(9-11-24)27-32-28(36-16-18-39-19-17-36)26-20-31-37(29(26)33-27)25-12-14-35(15-13-25)21-22-6-4-3-5-7-22/h3-11,20,25H,12-19,21H2,1-2H3. The fourth-order valence-corrected chi connectivity index (χ4v) is 5.51. The normalized spacial score (nSPS) is 17.0. The van der Waals surface area contributed by atoms with Gasteiger partial charge in [-0.1, -0.05) is 42.5 Å². The minimum Gasteiger partial charge on any atom is -0.378 e. The van der Waals surface area contributed by atoms with Crippen molar-refractivity contribution in [2.24, 2.45) is 0 Å². The first-order valence-electron chi connectivity index (χ1n) is 13.7. The maximum Gasteiger partial charge on any atom is 0.253 e. The van der Waals surface area contributed by atoms with E-state index in [1.807, 2.05) is 30.5 Å². The Balaban J connectivity index is 1.30. The Kier molecular flexibility index (Phi) is 7.26. The largest absolute Gasteiger partial charge is 0.378 e. The first kappa shape index (κ1) is 25.5. The number of morpholine rings is 1. The van der Waals surface area contributed by atoms with Crippen molar-refractivity contribution in [1.82, 2.24) is 29.5 Å². The molecule has 202 valence electrons. The topological polar surface area (TPSA) is 79.6 Å². The summed E-state index contributed by atoms with van der Waals surface area (Å²) in [5.41, 5.74) is 3.75. The maximum atomic E-state index is 12.4. The van der Waals surface area contributed by atoms with Gasteiger partial charge in [-0.15, -0.1) is 0 Å². The van der Waals surface area contributed by atoms with Crippen molar-refractivity contribution in [3.8, 4) is 11.4 Å². The molecule has 0 unspecified atom stereocenters. The van der Waals surface area contributed by atoms with E-state index in [1.54, 1.807) is 19.0 Å². The Bertz CT molecular complexity index is 1420. The molecule has 0 radical (unpaired) electrons. The lowest BCUT2D eigenvalue weighted by Gasteiger charge is -2.32. The highest BCUT2D eigenvalue weighted by atomic mass is 16.5. The fraction of sp³-hybridized carbons (Fsp3) is 0.400. The molecule has 2 fully saturated rings.